The molecular weight excluding hydrogens is 150 g/mol. The van der Waals surface area contributed by atoms with Gasteiger partial charge in [-0.05, 0) is 24.8 Å². The highest BCUT2D eigenvalue weighted by Gasteiger charge is 2.28. The molecule has 1 unspecified atom stereocenters. The molecule has 0 aromatic carbocycles. The molecule has 0 amide bonds. The lowest BCUT2D eigenvalue weighted by Gasteiger charge is -2.07. The van der Waals surface area contributed by atoms with Crippen molar-refractivity contribution in [2.24, 2.45) is 11.7 Å². The van der Waals surface area contributed by atoms with Gasteiger partial charge in [-0.2, -0.15) is 0 Å². The summed E-state index contributed by atoms with van der Waals surface area (Å²) >= 11 is 0. The molecule has 1 aromatic rings. The van der Waals surface area contributed by atoms with Crippen LogP contribution in [-0.2, 0) is 6.42 Å². The maximum Gasteiger partial charge on any atom is 0.129 e. The van der Waals surface area contributed by atoms with E-state index in [1.807, 2.05) is 6.07 Å². The Morgan fingerprint density at radius 2 is 2.08 bits per heavy atom. The van der Waals surface area contributed by atoms with Crippen molar-refractivity contribution in [3.63, 3.8) is 0 Å². The van der Waals surface area contributed by atoms with Crippen LogP contribution >= 0.6 is 0 Å². The van der Waals surface area contributed by atoms with E-state index < -0.39 is 0 Å². The third kappa shape index (κ3) is 1.80. The Morgan fingerprint density at radius 1 is 1.42 bits per heavy atom. The van der Waals surface area contributed by atoms with E-state index in [4.69, 9.17) is 5.73 Å². The van der Waals surface area contributed by atoms with Gasteiger partial charge in [-0.15, -0.1) is 0 Å². The van der Waals surface area contributed by atoms with Crippen LogP contribution in [0.15, 0.2) is 18.5 Å². The molecule has 0 radical (unpaired) electrons. The molecule has 0 aliphatic heterocycles. The second-order valence-electron chi connectivity index (χ2n) is 3.37. The minimum atomic E-state index is 0.271. The Bertz CT molecular complexity index is 243. The maximum atomic E-state index is 5.93. The molecular formula is C9H13N3. The van der Waals surface area contributed by atoms with E-state index in [1.165, 1.54) is 12.8 Å². The summed E-state index contributed by atoms with van der Waals surface area (Å²) in [6.45, 7) is 0. The molecule has 0 saturated heterocycles. The summed E-state index contributed by atoms with van der Waals surface area (Å²) < 4.78 is 0. The number of hydrogen-bond donors (Lipinski definition) is 1. The Morgan fingerprint density at radius 3 is 2.67 bits per heavy atom. The van der Waals surface area contributed by atoms with E-state index in [-0.39, 0.29) is 6.04 Å². The second kappa shape index (κ2) is 3.19. The third-order valence-electron chi connectivity index (χ3n) is 2.27. The fourth-order valence-corrected chi connectivity index (χ4v) is 1.34. The fourth-order valence-electron chi connectivity index (χ4n) is 1.34. The summed E-state index contributed by atoms with van der Waals surface area (Å²) in [6, 6.07) is 2.10. The Balaban J connectivity index is 1.94. The molecule has 0 bridgehead atoms. The number of aromatic nitrogens is 2. The molecule has 64 valence electrons. The SMILES string of the molecule is NC(Cc1ncccn1)C1CC1. The summed E-state index contributed by atoms with van der Waals surface area (Å²) in [5.74, 6) is 1.60. The van der Waals surface area contributed by atoms with Gasteiger partial charge in [0.25, 0.3) is 0 Å². The first-order valence-corrected chi connectivity index (χ1v) is 4.38. The zero-order valence-electron chi connectivity index (χ0n) is 6.98. The van der Waals surface area contributed by atoms with E-state index in [9.17, 15) is 0 Å². The number of nitrogens with two attached hydrogens (primary N) is 1. The van der Waals surface area contributed by atoms with Gasteiger partial charge < -0.3 is 5.73 Å². The molecule has 1 heterocycles. The topological polar surface area (TPSA) is 51.8 Å². The van der Waals surface area contributed by atoms with Gasteiger partial charge in [-0.1, -0.05) is 0 Å². The molecule has 3 nitrogen and oxygen atoms in total. The summed E-state index contributed by atoms with van der Waals surface area (Å²) in [5.41, 5.74) is 5.93. The summed E-state index contributed by atoms with van der Waals surface area (Å²) in [6.07, 6.45) is 6.93. The van der Waals surface area contributed by atoms with Gasteiger partial charge in [0.1, 0.15) is 5.82 Å². The van der Waals surface area contributed by atoms with Crippen LogP contribution in [0.1, 0.15) is 18.7 Å². The van der Waals surface area contributed by atoms with Crippen LogP contribution in [0.3, 0.4) is 0 Å². The molecule has 2 N–H and O–H groups in total. The van der Waals surface area contributed by atoms with Gasteiger partial charge >= 0.3 is 0 Å². The minimum absolute atomic E-state index is 0.271. The average molecular weight is 163 g/mol. The first-order chi connectivity index (χ1) is 5.86. The summed E-state index contributed by atoms with van der Waals surface area (Å²) in [4.78, 5) is 8.28. The molecule has 0 spiro atoms. The molecule has 1 saturated carbocycles. The predicted molar refractivity (Wildman–Crippen MR) is 46.4 cm³/mol. The lowest BCUT2D eigenvalue weighted by atomic mass is 10.1. The van der Waals surface area contributed by atoms with E-state index in [2.05, 4.69) is 9.97 Å². The maximum absolute atomic E-state index is 5.93. The van der Waals surface area contributed by atoms with E-state index in [0.29, 0.717) is 0 Å². The van der Waals surface area contributed by atoms with Crippen molar-refractivity contribution < 1.29 is 0 Å². The van der Waals surface area contributed by atoms with Crippen molar-refractivity contribution in [3.05, 3.63) is 24.3 Å². The number of rotatable bonds is 3. The molecule has 1 aromatic heterocycles. The molecule has 1 fully saturated rings. The highest BCUT2D eigenvalue weighted by atomic mass is 14.9. The largest absolute Gasteiger partial charge is 0.327 e. The van der Waals surface area contributed by atoms with Gasteiger partial charge in [0.15, 0.2) is 0 Å². The summed E-state index contributed by atoms with van der Waals surface area (Å²) in [5, 5.41) is 0. The molecule has 1 aliphatic rings. The van der Waals surface area contributed by atoms with Crippen LogP contribution in [-0.4, -0.2) is 16.0 Å². The molecule has 1 aliphatic carbocycles. The van der Waals surface area contributed by atoms with Gasteiger partial charge in [0.2, 0.25) is 0 Å². The Kier molecular flexibility index (Phi) is 2.04. The quantitative estimate of drug-likeness (QED) is 0.715. The highest BCUT2D eigenvalue weighted by molar-refractivity contribution is 4.95. The number of hydrogen-bond acceptors (Lipinski definition) is 3. The molecule has 1 atom stereocenters. The smallest absolute Gasteiger partial charge is 0.129 e. The van der Waals surface area contributed by atoms with Gasteiger partial charge in [0.05, 0.1) is 0 Å². The van der Waals surface area contributed by atoms with Crippen LogP contribution < -0.4 is 5.73 Å². The zero-order valence-corrected chi connectivity index (χ0v) is 6.98. The van der Waals surface area contributed by atoms with Crippen molar-refractivity contribution in [2.45, 2.75) is 25.3 Å². The number of nitrogens with zero attached hydrogens (tertiary/aromatic N) is 2. The second-order valence-corrected chi connectivity index (χ2v) is 3.37. The molecule has 3 heteroatoms. The van der Waals surface area contributed by atoms with Gasteiger partial charge in [0, 0.05) is 24.9 Å². The normalized spacial score (nSPS) is 19.1. The van der Waals surface area contributed by atoms with E-state index >= 15 is 0 Å². The zero-order chi connectivity index (χ0) is 8.39. The Labute approximate surface area is 72.0 Å². The van der Waals surface area contributed by atoms with Crippen molar-refractivity contribution >= 4 is 0 Å². The predicted octanol–water partition coefficient (Wildman–Crippen LogP) is 0.756. The molecule has 12 heavy (non-hydrogen) atoms. The lowest BCUT2D eigenvalue weighted by molar-refractivity contribution is 0.575. The third-order valence-corrected chi connectivity index (χ3v) is 2.27. The summed E-state index contributed by atoms with van der Waals surface area (Å²) in [7, 11) is 0. The monoisotopic (exact) mass is 163 g/mol. The minimum Gasteiger partial charge on any atom is -0.327 e. The average Bonchev–Trinajstić information content (AvgIpc) is 2.88. The van der Waals surface area contributed by atoms with E-state index in [0.717, 1.165) is 18.2 Å². The van der Waals surface area contributed by atoms with Gasteiger partial charge in [-0.3, -0.25) is 0 Å². The van der Waals surface area contributed by atoms with Crippen molar-refractivity contribution in [1.82, 2.24) is 9.97 Å². The fraction of sp³-hybridized carbons (Fsp3) is 0.556. The highest BCUT2D eigenvalue weighted by Crippen LogP contribution is 2.32. The van der Waals surface area contributed by atoms with Crippen LogP contribution in [0.25, 0.3) is 0 Å². The first kappa shape index (κ1) is 7.68. The Hall–Kier alpha value is -0.960. The van der Waals surface area contributed by atoms with Crippen LogP contribution in [0.2, 0.25) is 0 Å². The first-order valence-electron chi connectivity index (χ1n) is 4.38. The molecule has 2 rings (SSSR count). The van der Waals surface area contributed by atoms with Crippen molar-refractivity contribution in [2.75, 3.05) is 0 Å². The van der Waals surface area contributed by atoms with E-state index in [1.54, 1.807) is 12.4 Å². The van der Waals surface area contributed by atoms with Crippen molar-refractivity contribution in [1.29, 1.82) is 0 Å². The van der Waals surface area contributed by atoms with Crippen LogP contribution in [0.4, 0.5) is 0 Å². The van der Waals surface area contributed by atoms with Crippen LogP contribution in [0, 0.1) is 5.92 Å². The van der Waals surface area contributed by atoms with Gasteiger partial charge in [-0.25, -0.2) is 9.97 Å². The standard InChI is InChI=1S/C9H13N3/c10-8(7-2-3-7)6-9-11-4-1-5-12-9/h1,4-5,7-8H,2-3,6,10H2. The lowest BCUT2D eigenvalue weighted by Crippen LogP contribution is -2.25. The van der Waals surface area contributed by atoms with Crippen LogP contribution in [0.5, 0.6) is 0 Å². The van der Waals surface area contributed by atoms with Crippen molar-refractivity contribution in [3.8, 4) is 0 Å².